The van der Waals surface area contributed by atoms with Crippen LogP contribution in [0.25, 0.3) is 0 Å². The van der Waals surface area contributed by atoms with Crippen molar-refractivity contribution in [3.63, 3.8) is 0 Å². The van der Waals surface area contributed by atoms with E-state index >= 15 is 0 Å². The number of hydrogen-bond donors (Lipinski definition) is 1. The molecule has 0 aliphatic carbocycles. The van der Waals surface area contributed by atoms with Crippen LogP contribution < -0.4 is 5.32 Å². The molecule has 1 aliphatic rings. The van der Waals surface area contributed by atoms with E-state index in [0.717, 1.165) is 0 Å². The summed E-state index contributed by atoms with van der Waals surface area (Å²) in [6.45, 7) is 1.28. The minimum Gasteiger partial charge on any atom is -0.383 e. The summed E-state index contributed by atoms with van der Waals surface area (Å²) in [7, 11) is -2.14. The highest BCUT2D eigenvalue weighted by Crippen LogP contribution is 2.28. The molecule has 0 spiro atoms. The van der Waals surface area contributed by atoms with Crippen molar-refractivity contribution in [2.24, 2.45) is 0 Å². The summed E-state index contributed by atoms with van der Waals surface area (Å²) < 4.78 is 31.3. The molecule has 9 heteroatoms. The number of nitro benzene ring substituents is 1. The lowest BCUT2D eigenvalue weighted by atomic mass is 10.3. The number of hydrogen-bond acceptors (Lipinski definition) is 6. The van der Waals surface area contributed by atoms with Crippen molar-refractivity contribution in [2.45, 2.75) is 4.90 Å². The van der Waals surface area contributed by atoms with Crippen LogP contribution >= 0.6 is 0 Å². The lowest BCUT2D eigenvalue weighted by Crippen LogP contribution is -2.40. The van der Waals surface area contributed by atoms with Gasteiger partial charge in [0.05, 0.1) is 23.0 Å². The monoisotopic (exact) mass is 301 g/mol. The molecule has 0 bridgehead atoms. The van der Waals surface area contributed by atoms with Crippen LogP contribution in [0.2, 0.25) is 0 Å². The lowest BCUT2D eigenvalue weighted by Gasteiger charge is -2.26. The van der Waals surface area contributed by atoms with Gasteiger partial charge in [-0.15, -0.1) is 0 Å². The first-order valence-electron chi connectivity index (χ1n) is 6.01. The van der Waals surface area contributed by atoms with Crippen molar-refractivity contribution < 1.29 is 18.1 Å². The second-order valence-corrected chi connectivity index (χ2v) is 6.14. The van der Waals surface area contributed by atoms with Gasteiger partial charge < -0.3 is 10.1 Å². The van der Waals surface area contributed by atoms with Crippen LogP contribution in [0.1, 0.15) is 0 Å². The predicted molar refractivity (Wildman–Crippen MR) is 72.2 cm³/mol. The SMILES string of the molecule is CNc1cc(S(=O)(=O)N2CCOCC2)ccc1[N+](=O)[O-]. The van der Waals surface area contributed by atoms with E-state index in [0.29, 0.717) is 13.2 Å². The van der Waals surface area contributed by atoms with Gasteiger partial charge in [0, 0.05) is 26.2 Å². The van der Waals surface area contributed by atoms with Crippen LogP contribution in [0.3, 0.4) is 0 Å². The summed E-state index contributed by atoms with van der Waals surface area (Å²) in [5.74, 6) is 0. The quantitative estimate of drug-likeness (QED) is 0.647. The van der Waals surface area contributed by atoms with Gasteiger partial charge in [0.1, 0.15) is 5.69 Å². The van der Waals surface area contributed by atoms with E-state index in [1.165, 1.54) is 29.6 Å². The van der Waals surface area contributed by atoms with Gasteiger partial charge in [-0.2, -0.15) is 4.31 Å². The second-order valence-electron chi connectivity index (χ2n) is 4.20. The van der Waals surface area contributed by atoms with Gasteiger partial charge in [-0.3, -0.25) is 10.1 Å². The molecule has 0 atom stereocenters. The van der Waals surface area contributed by atoms with Gasteiger partial charge in [0.15, 0.2) is 0 Å². The molecule has 110 valence electrons. The zero-order valence-corrected chi connectivity index (χ0v) is 11.7. The zero-order chi connectivity index (χ0) is 14.8. The Hall–Kier alpha value is -1.71. The Balaban J connectivity index is 2.39. The third-order valence-electron chi connectivity index (χ3n) is 3.04. The van der Waals surface area contributed by atoms with E-state index in [9.17, 15) is 18.5 Å². The van der Waals surface area contributed by atoms with Crippen molar-refractivity contribution in [1.82, 2.24) is 4.31 Å². The van der Waals surface area contributed by atoms with Crippen molar-refractivity contribution in [3.8, 4) is 0 Å². The summed E-state index contributed by atoms with van der Waals surface area (Å²) in [5, 5.41) is 13.5. The molecule has 0 radical (unpaired) electrons. The van der Waals surface area contributed by atoms with Crippen molar-refractivity contribution in [2.75, 3.05) is 38.7 Å². The predicted octanol–water partition coefficient (Wildman–Crippen LogP) is 0.657. The number of anilines is 1. The van der Waals surface area contributed by atoms with Crippen LogP contribution in [-0.2, 0) is 14.8 Å². The van der Waals surface area contributed by atoms with E-state index in [4.69, 9.17) is 4.74 Å². The van der Waals surface area contributed by atoms with Crippen LogP contribution in [-0.4, -0.2) is 51.0 Å². The summed E-state index contributed by atoms with van der Waals surface area (Å²) in [6.07, 6.45) is 0. The average Bonchev–Trinajstić information content (AvgIpc) is 2.47. The Kier molecular flexibility index (Phi) is 4.21. The fraction of sp³-hybridized carbons (Fsp3) is 0.455. The van der Waals surface area contributed by atoms with E-state index < -0.39 is 14.9 Å². The maximum atomic E-state index is 12.4. The molecular weight excluding hydrogens is 286 g/mol. The van der Waals surface area contributed by atoms with Gasteiger partial charge in [0.25, 0.3) is 5.69 Å². The summed E-state index contributed by atoms with van der Waals surface area (Å²) >= 11 is 0. The molecule has 1 aromatic carbocycles. The summed E-state index contributed by atoms with van der Waals surface area (Å²) in [5.41, 5.74) is 0.0118. The molecule has 1 fully saturated rings. The van der Waals surface area contributed by atoms with E-state index in [2.05, 4.69) is 5.32 Å². The first kappa shape index (κ1) is 14.7. The Morgan fingerprint density at radius 1 is 1.35 bits per heavy atom. The minimum absolute atomic E-state index is 0.0364. The zero-order valence-electron chi connectivity index (χ0n) is 10.9. The fourth-order valence-electron chi connectivity index (χ4n) is 1.97. The molecule has 1 aliphatic heterocycles. The largest absolute Gasteiger partial charge is 0.383 e. The average molecular weight is 301 g/mol. The first-order chi connectivity index (χ1) is 9.46. The molecule has 1 saturated heterocycles. The lowest BCUT2D eigenvalue weighted by molar-refractivity contribution is -0.384. The highest BCUT2D eigenvalue weighted by molar-refractivity contribution is 7.89. The number of rotatable bonds is 4. The molecule has 0 saturated carbocycles. The Labute approximate surface area is 116 Å². The number of morpholine rings is 1. The Morgan fingerprint density at radius 3 is 2.55 bits per heavy atom. The number of nitro groups is 1. The Bertz CT molecular complexity index is 610. The minimum atomic E-state index is -3.65. The number of ether oxygens (including phenoxy) is 1. The summed E-state index contributed by atoms with van der Waals surface area (Å²) in [4.78, 5) is 10.3. The molecular formula is C11H15N3O5S. The maximum Gasteiger partial charge on any atom is 0.292 e. The van der Waals surface area contributed by atoms with Crippen LogP contribution in [0.4, 0.5) is 11.4 Å². The molecule has 0 aromatic heterocycles. The summed E-state index contributed by atoms with van der Waals surface area (Å²) in [6, 6.07) is 3.73. The number of nitrogens with one attached hydrogen (secondary N) is 1. The molecule has 1 N–H and O–H groups in total. The Morgan fingerprint density at radius 2 is 2.00 bits per heavy atom. The van der Waals surface area contributed by atoms with Crippen LogP contribution in [0.15, 0.2) is 23.1 Å². The topological polar surface area (TPSA) is 102 Å². The molecule has 0 amide bonds. The van der Waals surface area contributed by atoms with Crippen molar-refractivity contribution in [3.05, 3.63) is 28.3 Å². The maximum absolute atomic E-state index is 12.4. The highest BCUT2D eigenvalue weighted by Gasteiger charge is 2.28. The molecule has 2 rings (SSSR count). The third kappa shape index (κ3) is 2.74. The van der Waals surface area contributed by atoms with E-state index in [1.807, 2.05) is 0 Å². The van der Waals surface area contributed by atoms with Gasteiger partial charge >= 0.3 is 0 Å². The molecule has 1 aromatic rings. The number of benzene rings is 1. The fourth-order valence-corrected chi connectivity index (χ4v) is 3.41. The number of nitrogens with zero attached hydrogens (tertiary/aromatic N) is 2. The normalized spacial score (nSPS) is 16.9. The van der Waals surface area contributed by atoms with Gasteiger partial charge in [0.2, 0.25) is 10.0 Å². The van der Waals surface area contributed by atoms with E-state index in [-0.39, 0.29) is 29.4 Å². The van der Waals surface area contributed by atoms with Crippen LogP contribution in [0.5, 0.6) is 0 Å². The van der Waals surface area contributed by atoms with Crippen LogP contribution in [0, 0.1) is 10.1 Å². The third-order valence-corrected chi connectivity index (χ3v) is 4.94. The molecule has 20 heavy (non-hydrogen) atoms. The van der Waals surface area contributed by atoms with Gasteiger partial charge in [-0.1, -0.05) is 0 Å². The number of sulfonamides is 1. The molecule has 0 unspecified atom stereocenters. The van der Waals surface area contributed by atoms with Crippen molar-refractivity contribution in [1.29, 1.82) is 0 Å². The van der Waals surface area contributed by atoms with Crippen molar-refractivity contribution >= 4 is 21.4 Å². The second kappa shape index (κ2) is 5.73. The molecule has 1 heterocycles. The van der Waals surface area contributed by atoms with Gasteiger partial charge in [-0.05, 0) is 12.1 Å². The highest BCUT2D eigenvalue weighted by atomic mass is 32.2. The first-order valence-corrected chi connectivity index (χ1v) is 7.45. The van der Waals surface area contributed by atoms with Gasteiger partial charge in [-0.25, -0.2) is 8.42 Å². The van der Waals surface area contributed by atoms with E-state index in [1.54, 1.807) is 0 Å². The smallest absolute Gasteiger partial charge is 0.292 e. The standard InChI is InChI=1S/C11H15N3O5S/c1-12-10-8-9(2-3-11(10)14(15)16)20(17,18)13-4-6-19-7-5-13/h2-3,8,12H,4-7H2,1H3. The molecule has 8 nitrogen and oxygen atoms in total.